The van der Waals surface area contributed by atoms with Crippen LogP contribution in [0.5, 0.6) is 5.75 Å². The highest BCUT2D eigenvalue weighted by molar-refractivity contribution is 5.53. The molecule has 0 fully saturated rings. The molecule has 68 valence electrons. The summed E-state index contributed by atoms with van der Waals surface area (Å²) in [7, 11) is 0. The van der Waals surface area contributed by atoms with Gasteiger partial charge in [0.05, 0.1) is 0 Å². The van der Waals surface area contributed by atoms with E-state index in [4.69, 9.17) is 10.3 Å². The molecule has 0 aromatic heterocycles. The summed E-state index contributed by atoms with van der Waals surface area (Å²) in [5.41, 5.74) is 2.16. The highest BCUT2D eigenvalue weighted by Crippen LogP contribution is 2.19. The summed E-state index contributed by atoms with van der Waals surface area (Å²) in [6, 6.07) is 6.43. The van der Waals surface area contributed by atoms with Crippen LogP contribution in [0, 0.1) is 0 Å². The van der Waals surface area contributed by atoms with Crippen LogP contribution in [0.25, 0.3) is 0 Å². The SMILES string of the molecule is CCC.ONc1ccccc1O. The maximum absolute atomic E-state index is 8.89. The normalized spacial score (nSPS) is 8.25. The van der Waals surface area contributed by atoms with Gasteiger partial charge >= 0.3 is 0 Å². The Morgan fingerprint density at radius 3 is 2.08 bits per heavy atom. The Hall–Kier alpha value is -1.22. The van der Waals surface area contributed by atoms with Crippen molar-refractivity contribution in [2.45, 2.75) is 20.3 Å². The van der Waals surface area contributed by atoms with Crippen LogP contribution in [0.3, 0.4) is 0 Å². The molecule has 0 aliphatic heterocycles. The number of phenols is 1. The van der Waals surface area contributed by atoms with Crippen LogP contribution in [-0.4, -0.2) is 10.3 Å². The molecule has 0 spiro atoms. The molecule has 12 heavy (non-hydrogen) atoms. The van der Waals surface area contributed by atoms with E-state index in [9.17, 15) is 0 Å². The van der Waals surface area contributed by atoms with Crippen molar-refractivity contribution in [3.63, 3.8) is 0 Å². The van der Waals surface area contributed by atoms with Gasteiger partial charge in [0.1, 0.15) is 11.4 Å². The first-order valence-corrected chi connectivity index (χ1v) is 3.94. The third-order valence-corrected chi connectivity index (χ3v) is 1.02. The summed E-state index contributed by atoms with van der Waals surface area (Å²) >= 11 is 0. The predicted octanol–water partition coefficient (Wildman–Crippen LogP) is 2.61. The number of aromatic hydroxyl groups is 1. The van der Waals surface area contributed by atoms with Gasteiger partial charge in [-0.2, -0.15) is 0 Å². The van der Waals surface area contributed by atoms with Gasteiger partial charge in [-0.25, -0.2) is 0 Å². The second kappa shape index (κ2) is 6.49. The molecule has 3 N–H and O–H groups in total. The largest absolute Gasteiger partial charge is 0.506 e. The molecule has 1 rings (SSSR count). The number of para-hydroxylation sites is 2. The number of nitrogens with one attached hydrogen (secondary N) is 1. The van der Waals surface area contributed by atoms with Gasteiger partial charge < -0.3 is 5.11 Å². The molecule has 0 saturated carbocycles. The van der Waals surface area contributed by atoms with E-state index >= 15 is 0 Å². The zero-order valence-corrected chi connectivity index (χ0v) is 7.41. The molecule has 0 bridgehead atoms. The van der Waals surface area contributed by atoms with Gasteiger partial charge in [0.25, 0.3) is 0 Å². The fraction of sp³-hybridized carbons (Fsp3) is 0.333. The van der Waals surface area contributed by atoms with Crippen LogP contribution < -0.4 is 5.48 Å². The van der Waals surface area contributed by atoms with Crippen molar-refractivity contribution in [3.8, 4) is 5.75 Å². The summed E-state index contributed by atoms with van der Waals surface area (Å²) in [4.78, 5) is 0. The van der Waals surface area contributed by atoms with Crippen molar-refractivity contribution in [3.05, 3.63) is 24.3 Å². The van der Waals surface area contributed by atoms with E-state index in [-0.39, 0.29) is 5.75 Å². The van der Waals surface area contributed by atoms with Crippen molar-refractivity contribution < 1.29 is 10.3 Å². The van der Waals surface area contributed by atoms with E-state index in [1.54, 1.807) is 18.2 Å². The molecule has 0 unspecified atom stereocenters. The Kier molecular flexibility index (Phi) is 5.83. The van der Waals surface area contributed by atoms with Crippen molar-refractivity contribution in [1.82, 2.24) is 0 Å². The maximum atomic E-state index is 8.89. The first-order chi connectivity index (χ1) is 5.76. The molecule has 0 heterocycles. The average Bonchev–Trinajstić information content (AvgIpc) is 2.07. The number of benzene rings is 1. The Morgan fingerprint density at radius 1 is 1.25 bits per heavy atom. The minimum Gasteiger partial charge on any atom is -0.506 e. The highest BCUT2D eigenvalue weighted by Gasteiger charge is 1.92. The Morgan fingerprint density at radius 2 is 1.75 bits per heavy atom. The lowest BCUT2D eigenvalue weighted by Crippen LogP contribution is -1.87. The zero-order valence-electron chi connectivity index (χ0n) is 7.41. The molecule has 0 atom stereocenters. The van der Waals surface area contributed by atoms with Crippen LogP contribution in [0.4, 0.5) is 5.69 Å². The molecular weight excluding hydrogens is 154 g/mol. The van der Waals surface area contributed by atoms with Crippen LogP contribution in [0.2, 0.25) is 0 Å². The van der Waals surface area contributed by atoms with Crippen LogP contribution >= 0.6 is 0 Å². The van der Waals surface area contributed by atoms with E-state index in [1.165, 1.54) is 12.5 Å². The quantitative estimate of drug-likeness (QED) is 0.447. The number of hydrogen-bond acceptors (Lipinski definition) is 3. The van der Waals surface area contributed by atoms with E-state index in [2.05, 4.69) is 13.8 Å². The lowest BCUT2D eigenvalue weighted by molar-refractivity contribution is 0.381. The molecule has 3 nitrogen and oxygen atoms in total. The molecule has 0 amide bonds. The monoisotopic (exact) mass is 169 g/mol. The van der Waals surface area contributed by atoms with Crippen LogP contribution in [-0.2, 0) is 0 Å². The number of rotatable bonds is 1. The fourth-order valence-electron chi connectivity index (χ4n) is 0.568. The third-order valence-electron chi connectivity index (χ3n) is 1.02. The summed E-state index contributed by atoms with van der Waals surface area (Å²) < 4.78 is 0. The second-order valence-electron chi connectivity index (χ2n) is 2.34. The van der Waals surface area contributed by atoms with Crippen molar-refractivity contribution in [1.29, 1.82) is 0 Å². The van der Waals surface area contributed by atoms with Crippen LogP contribution in [0.1, 0.15) is 20.3 Å². The summed E-state index contributed by atoms with van der Waals surface area (Å²) in [5, 5.41) is 17.2. The van der Waals surface area contributed by atoms with Gasteiger partial charge in [-0.1, -0.05) is 32.4 Å². The summed E-state index contributed by atoms with van der Waals surface area (Å²) in [6.45, 7) is 4.25. The van der Waals surface area contributed by atoms with Gasteiger partial charge in [0, 0.05) is 0 Å². The first kappa shape index (κ1) is 10.8. The lowest BCUT2D eigenvalue weighted by Gasteiger charge is -1.98. The fourth-order valence-corrected chi connectivity index (χ4v) is 0.568. The predicted molar refractivity (Wildman–Crippen MR) is 49.5 cm³/mol. The third kappa shape index (κ3) is 3.83. The Balaban J connectivity index is 0.000000354. The van der Waals surface area contributed by atoms with E-state index in [0.717, 1.165) is 0 Å². The smallest absolute Gasteiger partial charge is 0.140 e. The van der Waals surface area contributed by atoms with E-state index in [1.807, 2.05) is 5.48 Å². The lowest BCUT2D eigenvalue weighted by atomic mass is 10.3. The number of phenolic OH excluding ortho intramolecular Hbond substituents is 1. The van der Waals surface area contributed by atoms with Gasteiger partial charge in [0.2, 0.25) is 0 Å². The minimum atomic E-state index is 0.0417. The number of anilines is 1. The van der Waals surface area contributed by atoms with Crippen molar-refractivity contribution in [2.75, 3.05) is 5.48 Å². The molecular formula is C9H15NO2. The highest BCUT2D eigenvalue weighted by atomic mass is 16.5. The molecule has 0 aliphatic carbocycles. The summed E-state index contributed by atoms with van der Waals surface area (Å²) in [6.07, 6.45) is 1.25. The van der Waals surface area contributed by atoms with Crippen molar-refractivity contribution in [2.24, 2.45) is 0 Å². The standard InChI is InChI=1S/C6H7NO2.C3H8/c8-6-4-2-1-3-5(6)7-9;1-3-2/h1-4,7-9H;3H2,1-2H3. The van der Waals surface area contributed by atoms with Crippen LogP contribution in [0.15, 0.2) is 24.3 Å². The zero-order chi connectivity index (χ0) is 9.40. The molecule has 0 saturated heterocycles. The van der Waals surface area contributed by atoms with Crippen molar-refractivity contribution >= 4 is 5.69 Å². The Bertz CT molecular complexity index is 213. The molecule has 1 aromatic carbocycles. The average molecular weight is 169 g/mol. The minimum absolute atomic E-state index is 0.0417. The molecule has 1 aromatic rings. The topological polar surface area (TPSA) is 52.5 Å². The summed E-state index contributed by atoms with van der Waals surface area (Å²) in [5.74, 6) is 0.0417. The molecule has 0 aliphatic rings. The van der Waals surface area contributed by atoms with E-state index in [0.29, 0.717) is 5.69 Å². The second-order valence-corrected chi connectivity index (χ2v) is 2.34. The van der Waals surface area contributed by atoms with Gasteiger partial charge in [-0.3, -0.25) is 10.7 Å². The van der Waals surface area contributed by atoms with E-state index < -0.39 is 0 Å². The van der Waals surface area contributed by atoms with Gasteiger partial charge in [-0.15, -0.1) is 0 Å². The maximum Gasteiger partial charge on any atom is 0.140 e. The molecule has 3 heteroatoms. The Labute approximate surface area is 72.6 Å². The van der Waals surface area contributed by atoms with Gasteiger partial charge in [0.15, 0.2) is 0 Å². The first-order valence-electron chi connectivity index (χ1n) is 3.94. The van der Waals surface area contributed by atoms with Gasteiger partial charge in [-0.05, 0) is 12.1 Å². The molecule has 0 radical (unpaired) electrons. The number of hydrogen-bond donors (Lipinski definition) is 3.